The number of hydrogen-bond acceptors (Lipinski definition) is 1. The summed E-state index contributed by atoms with van der Waals surface area (Å²) in [5.41, 5.74) is 6.49. The molecule has 0 saturated heterocycles. The van der Waals surface area contributed by atoms with Gasteiger partial charge in [0.2, 0.25) is 0 Å². The van der Waals surface area contributed by atoms with Gasteiger partial charge in [0.05, 0.1) is 0 Å². The standard InChI is InChI=1S/C9H19N/c1-4-8(10)7-5-9(2,3)6-7/h7-8H,4-6,10H2,1-3H3. The lowest BCUT2D eigenvalue weighted by molar-refractivity contribution is 0.0749. The molecule has 0 radical (unpaired) electrons. The summed E-state index contributed by atoms with van der Waals surface area (Å²) in [6, 6.07) is 0.466. The topological polar surface area (TPSA) is 26.0 Å². The quantitative estimate of drug-likeness (QED) is 0.626. The van der Waals surface area contributed by atoms with Crippen LogP contribution in [-0.2, 0) is 0 Å². The Kier molecular flexibility index (Phi) is 2.04. The van der Waals surface area contributed by atoms with E-state index in [-0.39, 0.29) is 0 Å². The van der Waals surface area contributed by atoms with Gasteiger partial charge in [0, 0.05) is 6.04 Å². The largest absolute Gasteiger partial charge is 0.327 e. The summed E-state index contributed by atoms with van der Waals surface area (Å²) in [7, 11) is 0. The highest BCUT2D eigenvalue weighted by atomic mass is 14.7. The third kappa shape index (κ3) is 1.51. The predicted molar refractivity (Wildman–Crippen MR) is 44.8 cm³/mol. The van der Waals surface area contributed by atoms with Crippen molar-refractivity contribution >= 4 is 0 Å². The Morgan fingerprint density at radius 3 is 2.30 bits per heavy atom. The van der Waals surface area contributed by atoms with Crippen molar-refractivity contribution in [2.45, 2.75) is 46.1 Å². The van der Waals surface area contributed by atoms with Crippen LogP contribution >= 0.6 is 0 Å². The van der Waals surface area contributed by atoms with E-state index >= 15 is 0 Å². The maximum Gasteiger partial charge on any atom is 0.00649 e. The third-order valence-corrected chi connectivity index (χ3v) is 2.71. The van der Waals surface area contributed by atoms with Crippen LogP contribution in [-0.4, -0.2) is 6.04 Å². The SMILES string of the molecule is CCC(N)C1CC(C)(C)C1. The van der Waals surface area contributed by atoms with E-state index in [0.717, 1.165) is 12.3 Å². The normalized spacial score (nSPS) is 27.6. The highest BCUT2D eigenvalue weighted by molar-refractivity contribution is 4.91. The van der Waals surface area contributed by atoms with E-state index in [9.17, 15) is 0 Å². The molecule has 0 aromatic carbocycles. The van der Waals surface area contributed by atoms with Crippen LogP contribution in [0.1, 0.15) is 40.0 Å². The first kappa shape index (κ1) is 8.06. The highest BCUT2D eigenvalue weighted by Gasteiger charge is 2.38. The minimum atomic E-state index is 0.466. The molecular formula is C9H19N. The van der Waals surface area contributed by atoms with Gasteiger partial charge in [0.1, 0.15) is 0 Å². The number of rotatable bonds is 2. The van der Waals surface area contributed by atoms with E-state index in [0.29, 0.717) is 11.5 Å². The Balaban J connectivity index is 2.26. The molecule has 1 heteroatoms. The molecule has 60 valence electrons. The van der Waals surface area contributed by atoms with Gasteiger partial charge in [-0.2, -0.15) is 0 Å². The van der Waals surface area contributed by atoms with Crippen LogP contribution in [0.3, 0.4) is 0 Å². The fraction of sp³-hybridized carbons (Fsp3) is 1.00. The summed E-state index contributed by atoms with van der Waals surface area (Å²) < 4.78 is 0. The molecule has 1 saturated carbocycles. The molecule has 0 heterocycles. The first-order valence-electron chi connectivity index (χ1n) is 4.31. The molecular weight excluding hydrogens is 122 g/mol. The van der Waals surface area contributed by atoms with Crippen LogP contribution in [0, 0.1) is 11.3 Å². The zero-order chi connectivity index (χ0) is 7.78. The summed E-state index contributed by atoms with van der Waals surface area (Å²) in [4.78, 5) is 0. The molecule has 0 amide bonds. The van der Waals surface area contributed by atoms with Crippen molar-refractivity contribution in [2.24, 2.45) is 17.1 Å². The molecule has 1 nitrogen and oxygen atoms in total. The molecule has 1 rings (SSSR count). The van der Waals surface area contributed by atoms with Crippen LogP contribution in [0.15, 0.2) is 0 Å². The van der Waals surface area contributed by atoms with Crippen LogP contribution in [0.4, 0.5) is 0 Å². The first-order chi connectivity index (χ1) is 4.55. The lowest BCUT2D eigenvalue weighted by Gasteiger charge is -2.45. The molecule has 1 unspecified atom stereocenters. The van der Waals surface area contributed by atoms with Gasteiger partial charge in [0.15, 0.2) is 0 Å². The molecule has 2 N–H and O–H groups in total. The Labute approximate surface area is 64.0 Å². The van der Waals surface area contributed by atoms with E-state index in [1.807, 2.05) is 0 Å². The van der Waals surface area contributed by atoms with Crippen molar-refractivity contribution in [3.63, 3.8) is 0 Å². The Morgan fingerprint density at radius 2 is 2.00 bits per heavy atom. The first-order valence-corrected chi connectivity index (χ1v) is 4.31. The van der Waals surface area contributed by atoms with Gasteiger partial charge in [-0.05, 0) is 30.6 Å². The molecule has 0 aliphatic heterocycles. The van der Waals surface area contributed by atoms with Crippen molar-refractivity contribution in [1.29, 1.82) is 0 Å². The Morgan fingerprint density at radius 1 is 1.50 bits per heavy atom. The maximum absolute atomic E-state index is 5.90. The second-order valence-electron chi connectivity index (χ2n) is 4.40. The third-order valence-electron chi connectivity index (χ3n) is 2.71. The smallest absolute Gasteiger partial charge is 0.00649 e. The fourth-order valence-corrected chi connectivity index (χ4v) is 2.00. The minimum absolute atomic E-state index is 0.466. The number of nitrogens with two attached hydrogens (primary N) is 1. The van der Waals surface area contributed by atoms with Gasteiger partial charge in [0.25, 0.3) is 0 Å². The molecule has 0 aromatic heterocycles. The van der Waals surface area contributed by atoms with Crippen molar-refractivity contribution in [1.82, 2.24) is 0 Å². The Bertz CT molecular complexity index is 110. The van der Waals surface area contributed by atoms with Crippen molar-refractivity contribution in [2.75, 3.05) is 0 Å². The molecule has 1 atom stereocenters. The van der Waals surface area contributed by atoms with Gasteiger partial charge < -0.3 is 5.73 Å². The maximum atomic E-state index is 5.90. The van der Waals surface area contributed by atoms with Crippen molar-refractivity contribution in [3.8, 4) is 0 Å². The summed E-state index contributed by atoms with van der Waals surface area (Å²) in [5, 5.41) is 0. The van der Waals surface area contributed by atoms with E-state index in [1.165, 1.54) is 12.8 Å². The average molecular weight is 141 g/mol. The van der Waals surface area contributed by atoms with Crippen LogP contribution < -0.4 is 5.73 Å². The van der Waals surface area contributed by atoms with E-state index in [4.69, 9.17) is 5.73 Å². The zero-order valence-corrected chi connectivity index (χ0v) is 7.35. The van der Waals surface area contributed by atoms with Crippen LogP contribution in [0.2, 0.25) is 0 Å². The predicted octanol–water partition coefficient (Wildman–Crippen LogP) is 2.16. The molecule has 0 spiro atoms. The summed E-state index contributed by atoms with van der Waals surface area (Å²) in [5.74, 6) is 0.819. The van der Waals surface area contributed by atoms with Gasteiger partial charge in [-0.1, -0.05) is 20.8 Å². The Hall–Kier alpha value is -0.0400. The summed E-state index contributed by atoms with van der Waals surface area (Å²) >= 11 is 0. The summed E-state index contributed by atoms with van der Waals surface area (Å²) in [6.07, 6.45) is 3.81. The fourth-order valence-electron chi connectivity index (χ4n) is 2.00. The van der Waals surface area contributed by atoms with Gasteiger partial charge in [-0.15, -0.1) is 0 Å². The van der Waals surface area contributed by atoms with Crippen molar-refractivity contribution < 1.29 is 0 Å². The zero-order valence-electron chi connectivity index (χ0n) is 7.35. The number of hydrogen-bond donors (Lipinski definition) is 1. The van der Waals surface area contributed by atoms with E-state index < -0.39 is 0 Å². The molecule has 0 aromatic rings. The van der Waals surface area contributed by atoms with Crippen LogP contribution in [0.25, 0.3) is 0 Å². The van der Waals surface area contributed by atoms with Crippen molar-refractivity contribution in [3.05, 3.63) is 0 Å². The van der Waals surface area contributed by atoms with Gasteiger partial charge in [-0.3, -0.25) is 0 Å². The molecule has 10 heavy (non-hydrogen) atoms. The van der Waals surface area contributed by atoms with Gasteiger partial charge >= 0.3 is 0 Å². The molecule has 1 fully saturated rings. The van der Waals surface area contributed by atoms with E-state index in [2.05, 4.69) is 20.8 Å². The van der Waals surface area contributed by atoms with E-state index in [1.54, 1.807) is 0 Å². The van der Waals surface area contributed by atoms with Gasteiger partial charge in [-0.25, -0.2) is 0 Å². The minimum Gasteiger partial charge on any atom is -0.327 e. The molecule has 1 aliphatic carbocycles. The second kappa shape index (κ2) is 2.54. The summed E-state index contributed by atoms with van der Waals surface area (Å²) in [6.45, 7) is 6.83. The lowest BCUT2D eigenvalue weighted by atomic mass is 9.62. The average Bonchev–Trinajstić information content (AvgIpc) is 1.81. The molecule has 0 bridgehead atoms. The highest BCUT2D eigenvalue weighted by Crippen LogP contribution is 2.46. The second-order valence-corrected chi connectivity index (χ2v) is 4.40. The monoisotopic (exact) mass is 141 g/mol. The lowest BCUT2D eigenvalue weighted by Crippen LogP contribution is -2.42. The van der Waals surface area contributed by atoms with Crippen LogP contribution in [0.5, 0.6) is 0 Å². The molecule has 1 aliphatic rings.